The first-order valence-corrected chi connectivity index (χ1v) is 9.35. The highest BCUT2D eigenvalue weighted by molar-refractivity contribution is 7.22. The summed E-state index contributed by atoms with van der Waals surface area (Å²) in [5.74, 6) is 0.850. The summed E-state index contributed by atoms with van der Waals surface area (Å²) in [5, 5.41) is 3.58. The minimum Gasteiger partial charge on any atom is -0.497 e. The van der Waals surface area contributed by atoms with Crippen molar-refractivity contribution in [3.63, 3.8) is 0 Å². The van der Waals surface area contributed by atoms with Crippen molar-refractivity contribution in [3.05, 3.63) is 48.5 Å². The predicted molar refractivity (Wildman–Crippen MR) is 105 cm³/mol. The smallest absolute Gasteiger partial charge is 0.323 e. The molecular weight excluding hydrogens is 348 g/mol. The number of benzene rings is 2. The van der Waals surface area contributed by atoms with Gasteiger partial charge in [0.25, 0.3) is 0 Å². The zero-order valence-electron chi connectivity index (χ0n) is 14.5. The highest BCUT2D eigenvalue weighted by atomic mass is 32.1. The van der Waals surface area contributed by atoms with Gasteiger partial charge in [-0.1, -0.05) is 23.5 Å². The number of thiazole rings is 1. The number of aromatic nitrogens is 1. The topological polar surface area (TPSA) is 57.7 Å². The summed E-state index contributed by atoms with van der Waals surface area (Å²) >= 11 is 1.50. The van der Waals surface area contributed by atoms with E-state index in [9.17, 15) is 4.79 Å². The minimum atomic E-state index is -0.0848. The highest BCUT2D eigenvalue weighted by Crippen LogP contribution is 2.26. The van der Waals surface area contributed by atoms with Crippen LogP contribution in [0.15, 0.2) is 48.5 Å². The van der Waals surface area contributed by atoms with Crippen LogP contribution in [0.2, 0.25) is 0 Å². The molecule has 1 aliphatic rings. The molecule has 1 N–H and O–H groups in total. The van der Waals surface area contributed by atoms with Crippen LogP contribution < -0.4 is 15.0 Å². The van der Waals surface area contributed by atoms with E-state index in [1.165, 1.54) is 11.3 Å². The Balaban J connectivity index is 1.35. The van der Waals surface area contributed by atoms with Crippen LogP contribution in [0.1, 0.15) is 0 Å². The maximum Gasteiger partial charge on any atom is 0.323 e. The second-order valence-electron chi connectivity index (χ2n) is 6.09. The molecule has 2 amide bonds. The second kappa shape index (κ2) is 7.21. The van der Waals surface area contributed by atoms with Crippen molar-refractivity contribution in [2.24, 2.45) is 0 Å². The fraction of sp³-hybridized carbons (Fsp3) is 0.263. The molecule has 0 radical (unpaired) electrons. The fourth-order valence-corrected chi connectivity index (χ4v) is 3.91. The first-order chi connectivity index (χ1) is 12.7. The van der Waals surface area contributed by atoms with E-state index in [4.69, 9.17) is 4.74 Å². The summed E-state index contributed by atoms with van der Waals surface area (Å²) in [6, 6.07) is 15.8. The van der Waals surface area contributed by atoms with Crippen LogP contribution in [0.4, 0.5) is 15.6 Å². The van der Waals surface area contributed by atoms with Gasteiger partial charge in [0.2, 0.25) is 0 Å². The van der Waals surface area contributed by atoms with Crippen LogP contribution in [0.25, 0.3) is 10.2 Å². The number of carbonyl (C=O) groups excluding carboxylic acids is 1. The monoisotopic (exact) mass is 368 g/mol. The quantitative estimate of drug-likeness (QED) is 0.767. The largest absolute Gasteiger partial charge is 0.497 e. The number of methoxy groups -OCH3 is 1. The van der Waals surface area contributed by atoms with Crippen molar-refractivity contribution < 1.29 is 9.53 Å². The summed E-state index contributed by atoms with van der Waals surface area (Å²) in [6.45, 7) is 2.98. The van der Waals surface area contributed by atoms with Gasteiger partial charge in [0.1, 0.15) is 5.75 Å². The number of ether oxygens (including phenoxy) is 1. The lowest BCUT2D eigenvalue weighted by molar-refractivity contribution is 0.208. The summed E-state index contributed by atoms with van der Waals surface area (Å²) in [6.07, 6.45) is 0. The summed E-state index contributed by atoms with van der Waals surface area (Å²) < 4.78 is 6.27. The molecule has 0 saturated carbocycles. The lowest BCUT2D eigenvalue weighted by atomic mass is 10.2. The number of para-hydroxylation sites is 1. The highest BCUT2D eigenvalue weighted by Gasteiger charge is 2.22. The normalized spacial score (nSPS) is 14.5. The average Bonchev–Trinajstić information content (AvgIpc) is 3.10. The number of rotatable bonds is 3. The molecule has 2 aromatic carbocycles. The Morgan fingerprint density at radius 2 is 1.81 bits per heavy atom. The summed E-state index contributed by atoms with van der Waals surface area (Å²) in [4.78, 5) is 21.1. The lowest BCUT2D eigenvalue weighted by Crippen LogP contribution is -2.50. The van der Waals surface area contributed by atoms with E-state index in [1.807, 2.05) is 41.3 Å². The molecule has 1 aromatic heterocycles. The first-order valence-electron chi connectivity index (χ1n) is 8.53. The van der Waals surface area contributed by atoms with Crippen LogP contribution >= 0.6 is 11.3 Å². The Hall–Kier alpha value is -2.80. The molecule has 4 rings (SSSR count). The van der Waals surface area contributed by atoms with E-state index in [1.54, 1.807) is 7.11 Å². The van der Waals surface area contributed by atoms with Gasteiger partial charge in [-0.15, -0.1) is 0 Å². The zero-order chi connectivity index (χ0) is 17.9. The van der Waals surface area contributed by atoms with E-state index in [-0.39, 0.29) is 6.03 Å². The number of anilines is 2. The molecular formula is C19H20N4O2S. The maximum absolute atomic E-state index is 12.5. The third-order valence-electron chi connectivity index (χ3n) is 4.51. The van der Waals surface area contributed by atoms with E-state index >= 15 is 0 Å². The lowest BCUT2D eigenvalue weighted by Gasteiger charge is -2.35. The molecule has 0 spiro atoms. The third kappa shape index (κ3) is 3.43. The van der Waals surface area contributed by atoms with E-state index in [0.29, 0.717) is 18.2 Å². The predicted octanol–water partition coefficient (Wildman–Crippen LogP) is 3.66. The van der Waals surface area contributed by atoms with Gasteiger partial charge in [0.15, 0.2) is 5.13 Å². The molecule has 134 valence electrons. The number of urea groups is 1. The summed E-state index contributed by atoms with van der Waals surface area (Å²) in [7, 11) is 1.66. The Morgan fingerprint density at radius 1 is 1.08 bits per heavy atom. The Labute approximate surface area is 156 Å². The molecule has 0 aliphatic carbocycles. The standard InChI is InChI=1S/C19H20N4O2S/c1-25-15-8-6-14(7-9-15)22-10-12-23(13-11-22)19(24)21-18-20-16-4-2-3-5-17(16)26-18/h2-9H,10-13H2,1H3,(H,20,21,24). The molecule has 2 heterocycles. The van der Waals surface area contributed by atoms with Gasteiger partial charge in [0, 0.05) is 31.9 Å². The number of hydrogen-bond donors (Lipinski definition) is 1. The molecule has 0 unspecified atom stereocenters. The molecule has 1 fully saturated rings. The van der Waals surface area contributed by atoms with Crippen LogP contribution in [-0.2, 0) is 0 Å². The average molecular weight is 368 g/mol. The van der Waals surface area contributed by atoms with Crippen molar-refractivity contribution in [1.29, 1.82) is 0 Å². The van der Waals surface area contributed by atoms with Crippen molar-refractivity contribution in [2.45, 2.75) is 0 Å². The number of nitrogens with one attached hydrogen (secondary N) is 1. The first kappa shape index (κ1) is 16.7. The van der Waals surface area contributed by atoms with Gasteiger partial charge in [-0.2, -0.15) is 0 Å². The number of nitrogens with zero attached hydrogens (tertiary/aromatic N) is 3. The van der Waals surface area contributed by atoms with Gasteiger partial charge >= 0.3 is 6.03 Å². The van der Waals surface area contributed by atoms with Crippen molar-refractivity contribution in [2.75, 3.05) is 43.5 Å². The minimum absolute atomic E-state index is 0.0848. The van der Waals surface area contributed by atoms with Crippen LogP contribution in [0, 0.1) is 0 Å². The van der Waals surface area contributed by atoms with Crippen LogP contribution in [0.5, 0.6) is 5.75 Å². The molecule has 1 saturated heterocycles. The second-order valence-corrected chi connectivity index (χ2v) is 7.12. The van der Waals surface area contributed by atoms with Crippen molar-refractivity contribution in [1.82, 2.24) is 9.88 Å². The molecule has 7 heteroatoms. The number of amides is 2. The van der Waals surface area contributed by atoms with Crippen molar-refractivity contribution in [3.8, 4) is 5.75 Å². The van der Waals surface area contributed by atoms with E-state index < -0.39 is 0 Å². The number of carbonyl (C=O) groups is 1. The molecule has 1 aliphatic heterocycles. The SMILES string of the molecule is COc1ccc(N2CCN(C(=O)Nc3nc4ccccc4s3)CC2)cc1. The van der Waals surface area contributed by atoms with Gasteiger partial charge < -0.3 is 14.5 Å². The third-order valence-corrected chi connectivity index (χ3v) is 5.46. The molecule has 3 aromatic rings. The Kier molecular flexibility index (Phi) is 4.62. The summed E-state index contributed by atoms with van der Waals surface area (Å²) in [5.41, 5.74) is 2.06. The number of piperazine rings is 1. The maximum atomic E-state index is 12.5. The molecule has 6 nitrogen and oxygen atoms in total. The molecule has 0 bridgehead atoms. The van der Waals surface area contributed by atoms with Crippen LogP contribution in [0.3, 0.4) is 0 Å². The molecule has 26 heavy (non-hydrogen) atoms. The Morgan fingerprint density at radius 3 is 2.50 bits per heavy atom. The van der Waals surface area contributed by atoms with Gasteiger partial charge in [0.05, 0.1) is 17.3 Å². The van der Waals surface area contributed by atoms with Gasteiger partial charge in [-0.25, -0.2) is 9.78 Å². The van der Waals surface area contributed by atoms with E-state index in [2.05, 4.69) is 27.3 Å². The van der Waals surface area contributed by atoms with Crippen LogP contribution in [-0.4, -0.2) is 49.2 Å². The number of fused-ring (bicyclic) bond motifs is 1. The fourth-order valence-electron chi connectivity index (χ4n) is 3.06. The zero-order valence-corrected chi connectivity index (χ0v) is 15.3. The number of hydrogen-bond acceptors (Lipinski definition) is 5. The van der Waals surface area contributed by atoms with Crippen molar-refractivity contribution >= 4 is 38.4 Å². The van der Waals surface area contributed by atoms with E-state index in [0.717, 1.165) is 34.7 Å². The van der Waals surface area contributed by atoms with Gasteiger partial charge in [-0.05, 0) is 36.4 Å². The van der Waals surface area contributed by atoms with Gasteiger partial charge in [-0.3, -0.25) is 5.32 Å². The molecule has 0 atom stereocenters. The Bertz CT molecular complexity index is 868.